The Hall–Kier alpha value is -1.19. The second-order valence-corrected chi connectivity index (χ2v) is 13.9. The van der Waals surface area contributed by atoms with Crippen LogP contribution < -0.4 is 21.2 Å². The van der Waals surface area contributed by atoms with E-state index in [0.29, 0.717) is 0 Å². The van der Waals surface area contributed by atoms with Gasteiger partial charge in [0.25, 0.3) is 0 Å². The van der Waals surface area contributed by atoms with E-state index in [-0.39, 0.29) is 16.5 Å². The fourth-order valence-electron chi connectivity index (χ4n) is 3.71. The molecule has 0 bridgehead atoms. The molecule has 0 aliphatic heterocycles. The van der Waals surface area contributed by atoms with Crippen molar-refractivity contribution < 1.29 is 16.5 Å². The Morgan fingerprint density at radius 3 is 0.938 bits per heavy atom. The molecule has 0 N–H and O–H groups in total. The summed E-state index contributed by atoms with van der Waals surface area (Å²) in [6.45, 7) is 4.32. The van der Waals surface area contributed by atoms with Crippen LogP contribution in [0.3, 0.4) is 0 Å². The van der Waals surface area contributed by atoms with E-state index in [1.54, 1.807) is 0 Å². The van der Waals surface area contributed by atoms with Gasteiger partial charge in [0.15, 0.2) is 0 Å². The Kier molecular flexibility index (Phi) is 9.37. The Balaban J connectivity index is 0.00000289. The van der Waals surface area contributed by atoms with Crippen LogP contribution in [0.15, 0.2) is 121 Å². The number of hydrogen-bond donors (Lipinski definition) is 0. The smallest absolute Gasteiger partial charge is 0.0883 e. The zero-order valence-corrected chi connectivity index (χ0v) is 21.6. The maximum atomic E-state index is 7.81. The third-order valence-corrected chi connectivity index (χ3v) is 13.4. The molecule has 0 fully saturated rings. The molecule has 0 heterocycles. The summed E-state index contributed by atoms with van der Waals surface area (Å²) in [6.07, 6.45) is 0. The Labute approximate surface area is 213 Å². The first kappa shape index (κ1) is 25.4. The molecule has 4 aromatic rings. The van der Waals surface area contributed by atoms with E-state index in [1.807, 2.05) is 24.3 Å². The van der Waals surface area contributed by atoms with Gasteiger partial charge in [-0.05, 0) is 37.1 Å². The average molecular weight is 539 g/mol. The standard InChI is InChI=1S/C27H23Cl2P2.Ni/c1-22(28)27(29,30(23-14-6-2-7-15-23)24-16-8-3-9-17-24)31(25-18-10-4-11-19-25)26-20-12-5-13-21-26;/h2-22H,1H2;/q-1;. The SMILES string of the molecule is [CH2-]C(Cl)C(Cl)(P(c1ccccc1)c1ccccc1)P(c1ccccc1)c1ccccc1.[Ni]. The van der Waals surface area contributed by atoms with Gasteiger partial charge in [-0.2, -0.15) is 11.6 Å². The average Bonchev–Trinajstić information content (AvgIpc) is 2.82. The summed E-state index contributed by atoms with van der Waals surface area (Å²) in [6, 6.07) is 42.1. The molecule has 5 heteroatoms. The predicted molar refractivity (Wildman–Crippen MR) is 142 cm³/mol. The van der Waals surface area contributed by atoms with Crippen molar-refractivity contribution in [2.45, 2.75) is 9.73 Å². The van der Waals surface area contributed by atoms with E-state index in [4.69, 9.17) is 23.2 Å². The molecule has 4 aromatic carbocycles. The van der Waals surface area contributed by atoms with Gasteiger partial charge in [-0.3, -0.25) is 0 Å². The summed E-state index contributed by atoms with van der Waals surface area (Å²) in [5, 5.41) is 4.30. The molecule has 1 unspecified atom stereocenters. The van der Waals surface area contributed by atoms with Crippen LogP contribution >= 0.6 is 39.0 Å². The largest absolute Gasteiger partial charge is 0.323 e. The van der Waals surface area contributed by atoms with Crippen molar-refractivity contribution >= 4 is 60.3 Å². The van der Waals surface area contributed by atoms with E-state index < -0.39 is 25.6 Å². The van der Waals surface area contributed by atoms with Crippen molar-refractivity contribution in [2.24, 2.45) is 0 Å². The van der Waals surface area contributed by atoms with Crippen molar-refractivity contribution in [3.8, 4) is 0 Å². The number of benzene rings is 4. The van der Waals surface area contributed by atoms with Gasteiger partial charge in [-0.1, -0.05) is 127 Å². The van der Waals surface area contributed by atoms with Gasteiger partial charge in [0, 0.05) is 16.5 Å². The predicted octanol–water partition coefficient (Wildman–Crippen LogP) is 6.58. The monoisotopic (exact) mass is 537 g/mol. The van der Waals surface area contributed by atoms with Crippen LogP contribution in [-0.2, 0) is 16.5 Å². The summed E-state index contributed by atoms with van der Waals surface area (Å²) in [7, 11) is -2.05. The number of alkyl halides is 2. The van der Waals surface area contributed by atoms with Gasteiger partial charge in [0.05, 0.1) is 4.36 Å². The van der Waals surface area contributed by atoms with Crippen molar-refractivity contribution in [3.05, 3.63) is 128 Å². The molecule has 0 saturated heterocycles. The maximum absolute atomic E-state index is 7.81. The molecule has 0 aliphatic carbocycles. The second-order valence-electron chi connectivity index (χ2n) is 7.12. The van der Waals surface area contributed by atoms with Gasteiger partial charge < -0.3 is 6.92 Å². The zero-order chi connectivity index (χ0) is 21.7. The van der Waals surface area contributed by atoms with Gasteiger partial charge >= 0.3 is 0 Å². The minimum absolute atomic E-state index is 0. The van der Waals surface area contributed by atoms with Gasteiger partial charge in [0.2, 0.25) is 0 Å². The number of hydrogen-bond acceptors (Lipinski definition) is 0. The van der Waals surface area contributed by atoms with Gasteiger partial charge in [0.1, 0.15) is 0 Å². The van der Waals surface area contributed by atoms with Crippen LogP contribution in [0.4, 0.5) is 0 Å². The first-order valence-corrected chi connectivity index (χ1v) is 13.6. The van der Waals surface area contributed by atoms with E-state index in [2.05, 4.69) is 104 Å². The number of halogens is 2. The summed E-state index contributed by atoms with van der Waals surface area (Å²) in [5.41, 5.74) is 0. The van der Waals surface area contributed by atoms with E-state index in [9.17, 15) is 0 Å². The fraction of sp³-hybridized carbons (Fsp3) is 0.0741. The van der Waals surface area contributed by atoms with Crippen molar-refractivity contribution in [3.63, 3.8) is 0 Å². The van der Waals surface area contributed by atoms with Crippen molar-refractivity contribution in [2.75, 3.05) is 0 Å². The fourth-order valence-corrected chi connectivity index (χ4v) is 12.1. The van der Waals surface area contributed by atoms with Gasteiger partial charge in [-0.15, -0.1) is 11.6 Å². The van der Waals surface area contributed by atoms with Crippen LogP contribution in [0.2, 0.25) is 0 Å². The molecular weight excluding hydrogens is 516 g/mol. The summed E-state index contributed by atoms with van der Waals surface area (Å²) in [5.74, 6) is 0. The van der Waals surface area contributed by atoms with Crippen LogP contribution in [0.1, 0.15) is 0 Å². The van der Waals surface area contributed by atoms with E-state index >= 15 is 0 Å². The molecule has 0 nitrogen and oxygen atoms in total. The van der Waals surface area contributed by atoms with Crippen molar-refractivity contribution in [1.82, 2.24) is 0 Å². The molecule has 0 spiro atoms. The Bertz CT molecular complexity index is 916. The quantitative estimate of drug-likeness (QED) is 0.108. The molecule has 0 amide bonds. The third-order valence-electron chi connectivity index (χ3n) is 5.08. The maximum Gasteiger partial charge on any atom is 0.0883 e. The zero-order valence-electron chi connectivity index (χ0n) is 17.3. The minimum atomic E-state index is -1.02. The Morgan fingerprint density at radius 2 is 0.750 bits per heavy atom. The van der Waals surface area contributed by atoms with Gasteiger partial charge in [-0.25, -0.2) is 0 Å². The molecule has 0 radical (unpaired) electrons. The molecule has 0 aliphatic rings. The molecule has 4 rings (SSSR count). The van der Waals surface area contributed by atoms with Crippen LogP contribution in [0.25, 0.3) is 0 Å². The van der Waals surface area contributed by atoms with Crippen molar-refractivity contribution in [1.29, 1.82) is 0 Å². The molecule has 0 aromatic heterocycles. The molecule has 32 heavy (non-hydrogen) atoms. The normalized spacial score (nSPS) is 12.4. The first-order chi connectivity index (χ1) is 15.1. The number of rotatable bonds is 7. The molecule has 166 valence electrons. The van der Waals surface area contributed by atoms with E-state index in [1.165, 1.54) is 21.2 Å². The summed E-state index contributed by atoms with van der Waals surface area (Å²) in [4.78, 5) is 0. The first-order valence-electron chi connectivity index (χ1n) is 10.1. The van der Waals surface area contributed by atoms with Crippen LogP contribution in [0.5, 0.6) is 0 Å². The summed E-state index contributed by atoms with van der Waals surface area (Å²) >= 11 is 14.8. The van der Waals surface area contributed by atoms with E-state index in [0.717, 1.165) is 0 Å². The third kappa shape index (κ3) is 5.31. The molecular formula is C27H23Cl2NiP2-. The molecule has 1 atom stereocenters. The molecule has 0 saturated carbocycles. The topological polar surface area (TPSA) is 0 Å². The summed E-state index contributed by atoms with van der Waals surface area (Å²) < 4.78 is -0.794. The van der Waals surface area contributed by atoms with Crippen LogP contribution in [0, 0.1) is 6.92 Å². The Morgan fingerprint density at radius 1 is 0.531 bits per heavy atom. The minimum Gasteiger partial charge on any atom is -0.323 e. The second kappa shape index (κ2) is 11.8. The van der Waals surface area contributed by atoms with Crippen LogP contribution in [-0.4, -0.2) is 9.73 Å².